The summed E-state index contributed by atoms with van der Waals surface area (Å²) in [4.78, 5) is 12.1. The lowest BCUT2D eigenvalue weighted by molar-refractivity contribution is -0.111. The van der Waals surface area contributed by atoms with Crippen molar-refractivity contribution in [3.8, 4) is 11.5 Å². The first kappa shape index (κ1) is 20.5. The highest BCUT2D eigenvalue weighted by molar-refractivity contribution is 6.30. The number of halogens is 1. The van der Waals surface area contributed by atoms with Gasteiger partial charge in [-0.15, -0.1) is 0 Å². The first-order chi connectivity index (χ1) is 14.0. The predicted molar refractivity (Wildman–Crippen MR) is 118 cm³/mol. The van der Waals surface area contributed by atoms with Crippen LogP contribution in [0.3, 0.4) is 0 Å². The van der Waals surface area contributed by atoms with Crippen LogP contribution in [-0.2, 0) is 11.4 Å². The van der Waals surface area contributed by atoms with Crippen LogP contribution in [0.2, 0.25) is 5.02 Å². The van der Waals surface area contributed by atoms with Crippen LogP contribution >= 0.6 is 11.6 Å². The van der Waals surface area contributed by atoms with Crippen LogP contribution in [0.25, 0.3) is 6.08 Å². The monoisotopic (exact) mass is 407 g/mol. The summed E-state index contributed by atoms with van der Waals surface area (Å²) in [6.45, 7) is 2.51. The summed E-state index contributed by atoms with van der Waals surface area (Å²) in [7, 11) is 1.59. The number of benzene rings is 3. The summed E-state index contributed by atoms with van der Waals surface area (Å²) in [6, 6.07) is 20.6. The van der Waals surface area contributed by atoms with Gasteiger partial charge in [-0.1, -0.05) is 41.9 Å². The van der Waals surface area contributed by atoms with E-state index in [1.807, 2.05) is 36.4 Å². The number of hydrogen-bond donors (Lipinski definition) is 1. The van der Waals surface area contributed by atoms with Gasteiger partial charge in [0.25, 0.3) is 0 Å². The molecule has 0 fully saturated rings. The Morgan fingerprint density at radius 2 is 1.79 bits per heavy atom. The molecule has 3 aromatic carbocycles. The molecule has 3 aromatic rings. The quantitative estimate of drug-likeness (QED) is 0.497. The summed E-state index contributed by atoms with van der Waals surface area (Å²) in [5.41, 5.74) is 3.81. The Labute approximate surface area is 175 Å². The molecule has 0 bridgehead atoms. The molecule has 0 aliphatic rings. The molecule has 0 unspecified atom stereocenters. The molecule has 148 valence electrons. The Balaban J connectivity index is 1.64. The van der Waals surface area contributed by atoms with Gasteiger partial charge in [0.15, 0.2) is 11.5 Å². The molecule has 0 saturated carbocycles. The molecule has 0 atom stereocenters. The number of carbonyl (C=O) groups is 1. The normalized spacial score (nSPS) is 10.7. The third-order valence-corrected chi connectivity index (χ3v) is 4.62. The van der Waals surface area contributed by atoms with E-state index in [1.54, 1.807) is 37.5 Å². The zero-order valence-electron chi connectivity index (χ0n) is 16.3. The maximum atomic E-state index is 12.1. The van der Waals surface area contributed by atoms with Gasteiger partial charge in [-0.05, 0) is 66.1 Å². The van der Waals surface area contributed by atoms with Gasteiger partial charge in [-0.25, -0.2) is 0 Å². The molecule has 0 aliphatic carbocycles. The second kappa shape index (κ2) is 9.80. The first-order valence-corrected chi connectivity index (χ1v) is 9.53. The van der Waals surface area contributed by atoms with E-state index in [9.17, 15) is 4.79 Å². The number of nitrogens with one attached hydrogen (secondary N) is 1. The van der Waals surface area contributed by atoms with Gasteiger partial charge in [0.1, 0.15) is 6.61 Å². The Bertz CT molecular complexity index is 1010. The second-order valence-electron chi connectivity index (χ2n) is 6.45. The van der Waals surface area contributed by atoms with Crippen molar-refractivity contribution in [3.05, 3.63) is 94.5 Å². The van der Waals surface area contributed by atoms with E-state index in [2.05, 4.69) is 18.3 Å². The van der Waals surface area contributed by atoms with Gasteiger partial charge in [-0.3, -0.25) is 4.79 Å². The molecular formula is C24H22ClNO3. The lowest BCUT2D eigenvalue weighted by Crippen LogP contribution is -2.07. The molecule has 0 aliphatic heterocycles. The minimum absolute atomic E-state index is 0.230. The van der Waals surface area contributed by atoms with Gasteiger partial charge in [0.2, 0.25) is 5.91 Å². The van der Waals surface area contributed by atoms with E-state index in [0.29, 0.717) is 28.8 Å². The van der Waals surface area contributed by atoms with Gasteiger partial charge in [0.05, 0.1) is 7.11 Å². The molecule has 0 radical (unpaired) electrons. The number of carbonyl (C=O) groups excluding carboxylic acids is 1. The summed E-state index contributed by atoms with van der Waals surface area (Å²) in [6.07, 6.45) is 3.19. The lowest BCUT2D eigenvalue weighted by atomic mass is 10.1. The van der Waals surface area contributed by atoms with Gasteiger partial charge in [-0.2, -0.15) is 0 Å². The van der Waals surface area contributed by atoms with Crippen molar-refractivity contribution in [1.29, 1.82) is 0 Å². The molecule has 5 heteroatoms. The fraction of sp³-hybridized carbons (Fsp3) is 0.125. The molecular weight excluding hydrogens is 386 g/mol. The average Bonchev–Trinajstić information content (AvgIpc) is 2.73. The van der Waals surface area contributed by atoms with E-state index in [4.69, 9.17) is 21.1 Å². The number of hydrogen-bond acceptors (Lipinski definition) is 3. The van der Waals surface area contributed by atoms with Gasteiger partial charge < -0.3 is 14.8 Å². The Morgan fingerprint density at radius 1 is 1.03 bits per heavy atom. The molecule has 1 amide bonds. The van der Waals surface area contributed by atoms with Crippen molar-refractivity contribution in [2.75, 3.05) is 12.4 Å². The SMILES string of the molecule is COc1cc(C=CC(=O)Nc2ccc(Cl)cc2)ccc1OCc1ccccc1C. The maximum Gasteiger partial charge on any atom is 0.248 e. The zero-order valence-corrected chi connectivity index (χ0v) is 17.1. The van der Waals surface area contributed by atoms with Crippen molar-refractivity contribution in [2.24, 2.45) is 0 Å². The molecule has 29 heavy (non-hydrogen) atoms. The summed E-state index contributed by atoms with van der Waals surface area (Å²) < 4.78 is 11.4. The Hall–Kier alpha value is -3.24. The van der Waals surface area contributed by atoms with E-state index in [-0.39, 0.29) is 5.91 Å². The number of aryl methyl sites for hydroxylation is 1. The molecule has 0 saturated heterocycles. The third kappa shape index (κ3) is 5.87. The van der Waals surface area contributed by atoms with E-state index >= 15 is 0 Å². The smallest absolute Gasteiger partial charge is 0.248 e. The van der Waals surface area contributed by atoms with Crippen LogP contribution in [0, 0.1) is 6.92 Å². The van der Waals surface area contributed by atoms with E-state index in [1.165, 1.54) is 11.6 Å². The van der Waals surface area contributed by atoms with Crippen molar-refractivity contribution >= 4 is 29.3 Å². The maximum absolute atomic E-state index is 12.1. The summed E-state index contributed by atoms with van der Waals surface area (Å²) >= 11 is 5.85. The number of ether oxygens (including phenoxy) is 2. The molecule has 4 nitrogen and oxygen atoms in total. The largest absolute Gasteiger partial charge is 0.493 e. The summed E-state index contributed by atoms with van der Waals surface area (Å²) in [5, 5.41) is 3.40. The molecule has 0 heterocycles. The highest BCUT2D eigenvalue weighted by Gasteiger charge is 2.07. The van der Waals surface area contributed by atoms with E-state index in [0.717, 1.165) is 11.1 Å². The number of methoxy groups -OCH3 is 1. The van der Waals surface area contributed by atoms with E-state index < -0.39 is 0 Å². The Morgan fingerprint density at radius 3 is 2.52 bits per heavy atom. The highest BCUT2D eigenvalue weighted by Crippen LogP contribution is 2.29. The van der Waals surface area contributed by atoms with Crippen LogP contribution in [0.4, 0.5) is 5.69 Å². The van der Waals surface area contributed by atoms with Gasteiger partial charge in [0, 0.05) is 16.8 Å². The molecule has 3 rings (SSSR count). The van der Waals surface area contributed by atoms with Crippen LogP contribution < -0.4 is 14.8 Å². The third-order valence-electron chi connectivity index (χ3n) is 4.37. The molecule has 1 N–H and O–H groups in total. The summed E-state index contributed by atoms with van der Waals surface area (Å²) in [5.74, 6) is 1.03. The fourth-order valence-electron chi connectivity index (χ4n) is 2.72. The fourth-order valence-corrected chi connectivity index (χ4v) is 2.85. The topological polar surface area (TPSA) is 47.6 Å². The zero-order chi connectivity index (χ0) is 20.6. The van der Waals surface area contributed by atoms with Crippen LogP contribution in [-0.4, -0.2) is 13.0 Å². The highest BCUT2D eigenvalue weighted by atomic mass is 35.5. The average molecular weight is 408 g/mol. The first-order valence-electron chi connectivity index (χ1n) is 9.15. The van der Waals surface area contributed by atoms with Gasteiger partial charge >= 0.3 is 0 Å². The van der Waals surface area contributed by atoms with Crippen molar-refractivity contribution < 1.29 is 14.3 Å². The molecule has 0 spiro atoms. The minimum Gasteiger partial charge on any atom is -0.493 e. The lowest BCUT2D eigenvalue weighted by Gasteiger charge is -2.12. The van der Waals surface area contributed by atoms with Crippen LogP contribution in [0.5, 0.6) is 11.5 Å². The Kier molecular flexibility index (Phi) is 6.93. The van der Waals surface area contributed by atoms with Crippen molar-refractivity contribution in [1.82, 2.24) is 0 Å². The second-order valence-corrected chi connectivity index (χ2v) is 6.89. The predicted octanol–water partition coefficient (Wildman–Crippen LogP) is 5.89. The van der Waals surface area contributed by atoms with Crippen LogP contribution in [0.1, 0.15) is 16.7 Å². The number of amides is 1. The van der Waals surface area contributed by atoms with Crippen molar-refractivity contribution in [2.45, 2.75) is 13.5 Å². The van der Waals surface area contributed by atoms with Crippen molar-refractivity contribution in [3.63, 3.8) is 0 Å². The standard InChI is InChI=1S/C24H22ClNO3/c1-17-5-3-4-6-19(17)16-29-22-13-7-18(15-23(22)28-2)8-14-24(27)26-21-11-9-20(25)10-12-21/h3-15H,16H2,1-2H3,(H,26,27). The number of anilines is 1. The minimum atomic E-state index is -0.230. The van der Waals surface area contributed by atoms with Crippen LogP contribution in [0.15, 0.2) is 72.8 Å². The molecule has 0 aromatic heterocycles. The number of rotatable bonds is 7.